The van der Waals surface area contributed by atoms with E-state index < -0.39 is 0 Å². The molecule has 1 atom stereocenters. The van der Waals surface area contributed by atoms with Crippen molar-refractivity contribution in [3.8, 4) is 11.4 Å². The van der Waals surface area contributed by atoms with Crippen LogP contribution in [0.25, 0.3) is 11.4 Å². The molecule has 0 unspecified atom stereocenters. The molecule has 1 aromatic heterocycles. The highest BCUT2D eigenvalue weighted by molar-refractivity contribution is 5.97. The van der Waals surface area contributed by atoms with E-state index in [1.54, 1.807) is 24.1 Å². The Bertz CT molecular complexity index is 694. The van der Waals surface area contributed by atoms with E-state index in [1.807, 2.05) is 18.2 Å². The first-order valence-electron chi connectivity index (χ1n) is 6.65. The van der Waals surface area contributed by atoms with Crippen LogP contribution in [0.5, 0.6) is 0 Å². The molecular formula is C14H15N5O2. The Morgan fingerprint density at radius 3 is 3.00 bits per heavy atom. The summed E-state index contributed by atoms with van der Waals surface area (Å²) in [5.74, 6) is 0.0570. The molecule has 0 aliphatic carbocycles. The molecular weight excluding hydrogens is 270 g/mol. The number of carbonyl (C=O) groups is 2. The van der Waals surface area contributed by atoms with Gasteiger partial charge in [-0.3, -0.25) is 14.3 Å². The maximum atomic E-state index is 12.1. The van der Waals surface area contributed by atoms with Crippen LogP contribution in [-0.4, -0.2) is 33.1 Å². The van der Waals surface area contributed by atoms with Gasteiger partial charge in [0, 0.05) is 31.3 Å². The van der Waals surface area contributed by atoms with Crippen LogP contribution < -0.4 is 10.6 Å². The van der Waals surface area contributed by atoms with Crippen LogP contribution in [-0.2, 0) is 16.6 Å². The number of hydrogen-bond acceptors (Lipinski definition) is 4. The third kappa shape index (κ3) is 2.91. The zero-order chi connectivity index (χ0) is 14.8. The summed E-state index contributed by atoms with van der Waals surface area (Å²) in [4.78, 5) is 27.4. The third-order valence-corrected chi connectivity index (χ3v) is 3.34. The molecule has 7 nitrogen and oxygen atoms in total. The fourth-order valence-electron chi connectivity index (χ4n) is 2.24. The first-order valence-corrected chi connectivity index (χ1v) is 6.65. The van der Waals surface area contributed by atoms with Crippen molar-refractivity contribution >= 4 is 17.5 Å². The van der Waals surface area contributed by atoms with Crippen LogP contribution >= 0.6 is 0 Å². The Morgan fingerprint density at radius 2 is 2.33 bits per heavy atom. The summed E-state index contributed by atoms with van der Waals surface area (Å²) in [7, 11) is 1.80. The lowest BCUT2D eigenvalue weighted by Crippen LogP contribution is -2.24. The first-order chi connectivity index (χ1) is 10.1. The fourth-order valence-corrected chi connectivity index (χ4v) is 2.24. The predicted octanol–water partition coefficient (Wildman–Crippen LogP) is 0.557. The van der Waals surface area contributed by atoms with Crippen LogP contribution in [0.1, 0.15) is 6.42 Å². The number of aromatic nitrogens is 3. The summed E-state index contributed by atoms with van der Waals surface area (Å²) in [6.45, 7) is 0.395. The van der Waals surface area contributed by atoms with Crippen molar-refractivity contribution in [2.24, 2.45) is 13.0 Å². The van der Waals surface area contributed by atoms with E-state index in [0.29, 0.717) is 18.1 Å². The molecule has 2 heterocycles. The molecule has 0 spiro atoms. The van der Waals surface area contributed by atoms with E-state index in [4.69, 9.17) is 0 Å². The smallest absolute Gasteiger partial charge is 0.229 e. The number of rotatable bonds is 3. The lowest BCUT2D eigenvalue weighted by molar-refractivity contribution is -0.123. The van der Waals surface area contributed by atoms with Gasteiger partial charge in [0.25, 0.3) is 0 Å². The van der Waals surface area contributed by atoms with Crippen molar-refractivity contribution in [1.29, 1.82) is 0 Å². The van der Waals surface area contributed by atoms with Crippen LogP contribution in [0.15, 0.2) is 30.6 Å². The van der Waals surface area contributed by atoms with E-state index in [1.165, 1.54) is 0 Å². The van der Waals surface area contributed by atoms with Gasteiger partial charge >= 0.3 is 0 Å². The quantitative estimate of drug-likeness (QED) is 0.862. The SMILES string of the molecule is Cn1cnc(-c2cccc(NC(=O)[C@H]3CNC(=O)C3)c2)n1. The molecule has 1 aromatic carbocycles. The van der Waals surface area contributed by atoms with Gasteiger partial charge in [0.1, 0.15) is 6.33 Å². The second-order valence-electron chi connectivity index (χ2n) is 5.02. The standard InChI is InChI=1S/C14H15N5O2/c1-19-8-16-13(18-19)9-3-2-4-11(5-9)17-14(21)10-6-12(20)15-7-10/h2-5,8,10H,6-7H2,1H3,(H,15,20)(H,17,21)/t10-/m1/s1. The normalized spacial score (nSPS) is 17.6. The van der Waals surface area contributed by atoms with Crippen molar-refractivity contribution in [2.45, 2.75) is 6.42 Å². The zero-order valence-corrected chi connectivity index (χ0v) is 11.5. The summed E-state index contributed by atoms with van der Waals surface area (Å²) in [5.41, 5.74) is 1.50. The number of nitrogens with zero attached hydrogens (tertiary/aromatic N) is 3. The number of hydrogen-bond donors (Lipinski definition) is 2. The highest BCUT2D eigenvalue weighted by Gasteiger charge is 2.27. The molecule has 1 aliphatic heterocycles. The molecule has 21 heavy (non-hydrogen) atoms. The van der Waals surface area contributed by atoms with Crippen LogP contribution in [0.2, 0.25) is 0 Å². The Hall–Kier alpha value is -2.70. The van der Waals surface area contributed by atoms with Gasteiger partial charge in [-0.2, -0.15) is 5.10 Å². The molecule has 108 valence electrons. The maximum absolute atomic E-state index is 12.1. The fraction of sp³-hybridized carbons (Fsp3) is 0.286. The number of anilines is 1. The molecule has 3 rings (SSSR count). The van der Waals surface area contributed by atoms with Crippen molar-refractivity contribution in [3.63, 3.8) is 0 Å². The van der Waals surface area contributed by atoms with E-state index in [0.717, 1.165) is 5.56 Å². The number of benzene rings is 1. The molecule has 0 radical (unpaired) electrons. The molecule has 2 N–H and O–H groups in total. The van der Waals surface area contributed by atoms with Crippen LogP contribution in [0, 0.1) is 5.92 Å². The van der Waals surface area contributed by atoms with E-state index >= 15 is 0 Å². The second-order valence-corrected chi connectivity index (χ2v) is 5.02. The topological polar surface area (TPSA) is 88.9 Å². The Balaban J connectivity index is 1.74. The van der Waals surface area contributed by atoms with Gasteiger partial charge in [-0.1, -0.05) is 12.1 Å². The highest BCUT2D eigenvalue weighted by Crippen LogP contribution is 2.20. The Labute approximate surface area is 121 Å². The molecule has 1 fully saturated rings. The second kappa shape index (κ2) is 5.35. The molecule has 1 saturated heterocycles. The minimum atomic E-state index is -0.311. The van der Waals surface area contributed by atoms with Gasteiger partial charge in [-0.15, -0.1) is 0 Å². The zero-order valence-electron chi connectivity index (χ0n) is 11.5. The summed E-state index contributed by atoms with van der Waals surface area (Å²) in [6, 6.07) is 7.33. The van der Waals surface area contributed by atoms with E-state index in [-0.39, 0.29) is 24.2 Å². The lowest BCUT2D eigenvalue weighted by Gasteiger charge is -2.09. The maximum Gasteiger partial charge on any atom is 0.229 e. The third-order valence-electron chi connectivity index (χ3n) is 3.34. The molecule has 2 amide bonds. The summed E-state index contributed by atoms with van der Waals surface area (Å²) in [5, 5.41) is 9.71. The number of amides is 2. The summed E-state index contributed by atoms with van der Waals surface area (Å²) in [6.07, 6.45) is 1.86. The minimum Gasteiger partial charge on any atom is -0.355 e. The molecule has 7 heteroatoms. The molecule has 1 aliphatic rings. The predicted molar refractivity (Wildman–Crippen MR) is 76.2 cm³/mol. The summed E-state index contributed by atoms with van der Waals surface area (Å²) >= 11 is 0. The monoisotopic (exact) mass is 285 g/mol. The number of carbonyl (C=O) groups excluding carboxylic acids is 2. The molecule has 2 aromatic rings. The largest absolute Gasteiger partial charge is 0.355 e. The number of aryl methyl sites for hydroxylation is 1. The van der Waals surface area contributed by atoms with Gasteiger partial charge in [0.05, 0.1) is 5.92 Å². The van der Waals surface area contributed by atoms with Crippen molar-refractivity contribution in [2.75, 3.05) is 11.9 Å². The van der Waals surface area contributed by atoms with Crippen LogP contribution in [0.3, 0.4) is 0 Å². The van der Waals surface area contributed by atoms with Gasteiger partial charge in [0.15, 0.2) is 5.82 Å². The van der Waals surface area contributed by atoms with Gasteiger partial charge in [0.2, 0.25) is 11.8 Å². The van der Waals surface area contributed by atoms with Gasteiger partial charge in [-0.05, 0) is 12.1 Å². The first kappa shape index (κ1) is 13.3. The van der Waals surface area contributed by atoms with E-state index in [2.05, 4.69) is 20.7 Å². The van der Waals surface area contributed by atoms with Crippen molar-refractivity contribution in [3.05, 3.63) is 30.6 Å². The van der Waals surface area contributed by atoms with Crippen molar-refractivity contribution < 1.29 is 9.59 Å². The summed E-state index contributed by atoms with van der Waals surface area (Å²) < 4.78 is 1.62. The van der Waals surface area contributed by atoms with Gasteiger partial charge < -0.3 is 10.6 Å². The number of nitrogens with one attached hydrogen (secondary N) is 2. The van der Waals surface area contributed by atoms with Crippen molar-refractivity contribution in [1.82, 2.24) is 20.1 Å². The molecule has 0 bridgehead atoms. The average molecular weight is 285 g/mol. The Kier molecular flexibility index (Phi) is 3.39. The van der Waals surface area contributed by atoms with Gasteiger partial charge in [-0.25, -0.2) is 4.98 Å². The van der Waals surface area contributed by atoms with E-state index in [9.17, 15) is 9.59 Å². The average Bonchev–Trinajstić information content (AvgIpc) is 3.08. The van der Waals surface area contributed by atoms with Crippen LogP contribution in [0.4, 0.5) is 5.69 Å². The molecule has 0 saturated carbocycles. The Morgan fingerprint density at radius 1 is 1.48 bits per heavy atom. The lowest BCUT2D eigenvalue weighted by atomic mass is 10.1. The highest BCUT2D eigenvalue weighted by atomic mass is 16.2. The minimum absolute atomic E-state index is 0.0819.